The second-order valence-electron chi connectivity index (χ2n) is 4.30. The zero-order valence-electron chi connectivity index (χ0n) is 11.9. The van der Waals surface area contributed by atoms with Crippen LogP contribution in [-0.4, -0.2) is 38.3 Å². The fraction of sp³-hybridized carbons (Fsp3) is 0.500. The summed E-state index contributed by atoms with van der Waals surface area (Å²) in [6.07, 6.45) is 0.566. The maximum atomic E-state index is 11.5. The summed E-state index contributed by atoms with van der Waals surface area (Å²) in [7, 11) is 3.45. The number of carbonyl (C=O) groups excluding carboxylic acids is 1. The number of hydrogen-bond acceptors (Lipinski definition) is 4. The van der Waals surface area contributed by atoms with Gasteiger partial charge in [0.1, 0.15) is 5.75 Å². The minimum Gasteiger partial charge on any atom is -0.497 e. The van der Waals surface area contributed by atoms with Crippen LogP contribution in [0.1, 0.15) is 24.5 Å². The smallest absolute Gasteiger partial charge is 0.220 e. The van der Waals surface area contributed by atoms with Crippen molar-refractivity contribution in [1.82, 2.24) is 10.6 Å². The van der Waals surface area contributed by atoms with Crippen LogP contribution < -0.4 is 15.4 Å². The highest BCUT2D eigenvalue weighted by atomic mass is 35.5. The molecular formula is C14H23ClN2O3. The molecule has 0 saturated heterocycles. The maximum absolute atomic E-state index is 11.5. The Hall–Kier alpha value is -1.30. The lowest BCUT2D eigenvalue weighted by molar-refractivity contribution is -0.121. The highest BCUT2D eigenvalue weighted by Gasteiger charge is 2.09. The van der Waals surface area contributed by atoms with Gasteiger partial charge in [-0.2, -0.15) is 0 Å². The van der Waals surface area contributed by atoms with Crippen LogP contribution in [0.2, 0.25) is 0 Å². The number of hydrogen-bond donors (Lipinski definition) is 3. The molecule has 0 heterocycles. The lowest BCUT2D eigenvalue weighted by Crippen LogP contribution is -2.28. The van der Waals surface area contributed by atoms with E-state index in [2.05, 4.69) is 10.6 Å². The van der Waals surface area contributed by atoms with E-state index in [9.17, 15) is 9.90 Å². The SMILES string of the molecule is CNCCCC(=O)NCC(O)c1ccc(OC)cc1.Cl. The minimum atomic E-state index is -0.695. The molecule has 1 atom stereocenters. The lowest BCUT2D eigenvalue weighted by Gasteiger charge is -2.12. The van der Waals surface area contributed by atoms with E-state index in [0.717, 1.165) is 24.3 Å². The molecule has 0 fully saturated rings. The second-order valence-corrected chi connectivity index (χ2v) is 4.30. The van der Waals surface area contributed by atoms with Gasteiger partial charge in [-0.1, -0.05) is 12.1 Å². The Bertz CT molecular complexity index is 385. The van der Waals surface area contributed by atoms with Crippen LogP contribution in [0, 0.1) is 0 Å². The molecule has 0 bridgehead atoms. The number of methoxy groups -OCH3 is 1. The highest BCUT2D eigenvalue weighted by molar-refractivity contribution is 5.85. The van der Waals surface area contributed by atoms with Crippen LogP contribution >= 0.6 is 12.4 Å². The van der Waals surface area contributed by atoms with Crippen molar-refractivity contribution in [3.63, 3.8) is 0 Å². The Kier molecular flexibility index (Phi) is 9.80. The number of halogens is 1. The van der Waals surface area contributed by atoms with E-state index in [1.165, 1.54) is 0 Å². The third-order valence-electron chi connectivity index (χ3n) is 2.82. The van der Waals surface area contributed by atoms with Gasteiger partial charge in [-0.3, -0.25) is 4.79 Å². The largest absolute Gasteiger partial charge is 0.497 e. The van der Waals surface area contributed by atoms with Crippen molar-refractivity contribution in [2.24, 2.45) is 0 Å². The lowest BCUT2D eigenvalue weighted by atomic mass is 10.1. The third-order valence-corrected chi connectivity index (χ3v) is 2.82. The molecule has 1 unspecified atom stereocenters. The van der Waals surface area contributed by atoms with Gasteiger partial charge in [0, 0.05) is 13.0 Å². The molecule has 20 heavy (non-hydrogen) atoms. The van der Waals surface area contributed by atoms with Crippen LogP contribution in [0.3, 0.4) is 0 Å². The maximum Gasteiger partial charge on any atom is 0.220 e. The molecule has 3 N–H and O–H groups in total. The van der Waals surface area contributed by atoms with Crippen molar-refractivity contribution in [3.8, 4) is 5.75 Å². The van der Waals surface area contributed by atoms with Crippen molar-refractivity contribution in [3.05, 3.63) is 29.8 Å². The Morgan fingerprint density at radius 1 is 1.35 bits per heavy atom. The first kappa shape index (κ1) is 18.7. The monoisotopic (exact) mass is 302 g/mol. The number of ether oxygens (including phenoxy) is 1. The Morgan fingerprint density at radius 3 is 2.55 bits per heavy atom. The molecule has 5 nitrogen and oxygen atoms in total. The molecule has 1 amide bonds. The van der Waals surface area contributed by atoms with Gasteiger partial charge in [0.25, 0.3) is 0 Å². The summed E-state index contributed by atoms with van der Waals surface area (Å²) in [6.45, 7) is 1.04. The van der Waals surface area contributed by atoms with Crippen molar-refractivity contribution < 1.29 is 14.6 Å². The van der Waals surface area contributed by atoms with Crippen LogP contribution in [-0.2, 0) is 4.79 Å². The molecule has 0 saturated carbocycles. The predicted octanol–water partition coefficient (Wildman–Crippen LogP) is 1.27. The number of aliphatic hydroxyl groups is 1. The molecule has 114 valence electrons. The van der Waals surface area contributed by atoms with Gasteiger partial charge < -0.3 is 20.5 Å². The average molecular weight is 303 g/mol. The Balaban J connectivity index is 0.00000361. The van der Waals surface area contributed by atoms with Gasteiger partial charge in [0.15, 0.2) is 0 Å². The molecule has 1 rings (SSSR count). The third kappa shape index (κ3) is 6.75. The first-order valence-corrected chi connectivity index (χ1v) is 6.40. The number of amides is 1. The van der Waals surface area contributed by atoms with Gasteiger partial charge >= 0.3 is 0 Å². The molecule has 0 aromatic heterocycles. The molecular weight excluding hydrogens is 280 g/mol. The van der Waals surface area contributed by atoms with Crippen molar-refractivity contribution in [2.75, 3.05) is 27.2 Å². The summed E-state index contributed by atoms with van der Waals surface area (Å²) in [5.41, 5.74) is 0.760. The molecule has 6 heteroatoms. The summed E-state index contributed by atoms with van der Waals surface area (Å²) in [5.74, 6) is 0.704. The number of nitrogens with one attached hydrogen (secondary N) is 2. The molecule has 0 aliphatic rings. The number of aliphatic hydroxyl groups excluding tert-OH is 1. The van der Waals surface area contributed by atoms with Crippen LogP contribution in [0.4, 0.5) is 0 Å². The average Bonchev–Trinajstić information content (AvgIpc) is 2.45. The standard InChI is InChI=1S/C14H22N2O3.ClH/c1-15-9-3-4-14(18)16-10-13(17)11-5-7-12(19-2)8-6-11;/h5-8,13,15,17H,3-4,9-10H2,1-2H3,(H,16,18);1H. The van der Waals surface area contributed by atoms with Crippen LogP contribution in [0.15, 0.2) is 24.3 Å². The summed E-state index contributed by atoms with van der Waals surface area (Å²) < 4.78 is 5.04. The van der Waals surface area contributed by atoms with E-state index < -0.39 is 6.10 Å². The molecule has 0 spiro atoms. The Labute approximate surface area is 126 Å². The quantitative estimate of drug-likeness (QED) is 0.633. The van der Waals surface area contributed by atoms with Crippen LogP contribution in [0.5, 0.6) is 5.75 Å². The topological polar surface area (TPSA) is 70.6 Å². The van der Waals surface area contributed by atoms with Crippen LogP contribution in [0.25, 0.3) is 0 Å². The zero-order chi connectivity index (χ0) is 14.1. The van der Waals surface area contributed by atoms with E-state index in [1.54, 1.807) is 31.4 Å². The fourth-order valence-corrected chi connectivity index (χ4v) is 1.67. The normalized spacial score (nSPS) is 11.3. The first-order valence-electron chi connectivity index (χ1n) is 6.40. The molecule has 1 aromatic rings. The molecule has 0 radical (unpaired) electrons. The van der Waals surface area contributed by atoms with E-state index in [0.29, 0.717) is 6.42 Å². The van der Waals surface area contributed by atoms with Crippen molar-refractivity contribution in [1.29, 1.82) is 0 Å². The summed E-state index contributed by atoms with van der Waals surface area (Å²) in [6, 6.07) is 7.15. The highest BCUT2D eigenvalue weighted by Crippen LogP contribution is 2.16. The number of benzene rings is 1. The van der Waals surface area contributed by atoms with Crippen molar-refractivity contribution >= 4 is 18.3 Å². The fourth-order valence-electron chi connectivity index (χ4n) is 1.67. The van der Waals surface area contributed by atoms with E-state index in [4.69, 9.17) is 4.74 Å². The number of carbonyl (C=O) groups is 1. The summed E-state index contributed by atoms with van der Waals surface area (Å²) in [4.78, 5) is 11.5. The molecule has 0 aliphatic carbocycles. The van der Waals surface area contributed by atoms with Crippen molar-refractivity contribution in [2.45, 2.75) is 18.9 Å². The van der Waals surface area contributed by atoms with Gasteiger partial charge in [-0.25, -0.2) is 0 Å². The van der Waals surface area contributed by atoms with E-state index >= 15 is 0 Å². The first-order chi connectivity index (χ1) is 9.17. The Morgan fingerprint density at radius 2 is 2.00 bits per heavy atom. The second kappa shape index (κ2) is 10.5. The predicted molar refractivity (Wildman–Crippen MR) is 81.4 cm³/mol. The minimum absolute atomic E-state index is 0. The van der Waals surface area contributed by atoms with Gasteiger partial charge in [0.05, 0.1) is 13.2 Å². The molecule has 1 aromatic carbocycles. The summed E-state index contributed by atoms with van der Waals surface area (Å²) in [5, 5.41) is 15.6. The van der Waals surface area contributed by atoms with Gasteiger partial charge in [0.2, 0.25) is 5.91 Å². The molecule has 0 aliphatic heterocycles. The van der Waals surface area contributed by atoms with E-state index in [1.807, 2.05) is 7.05 Å². The van der Waals surface area contributed by atoms with Gasteiger partial charge in [-0.15, -0.1) is 12.4 Å². The summed E-state index contributed by atoms with van der Waals surface area (Å²) >= 11 is 0. The number of rotatable bonds is 8. The zero-order valence-corrected chi connectivity index (χ0v) is 12.7. The van der Waals surface area contributed by atoms with E-state index in [-0.39, 0.29) is 24.9 Å². The van der Waals surface area contributed by atoms with Gasteiger partial charge in [-0.05, 0) is 37.7 Å².